The van der Waals surface area contributed by atoms with Gasteiger partial charge in [0.15, 0.2) is 0 Å². The molecule has 1 aliphatic carbocycles. The Morgan fingerprint density at radius 3 is 2.75 bits per heavy atom. The van der Waals surface area contributed by atoms with Crippen LogP contribution in [0.4, 0.5) is 0 Å². The minimum atomic E-state index is 0.612. The molecule has 0 aliphatic heterocycles. The molecule has 2 nitrogen and oxygen atoms in total. The fourth-order valence-corrected chi connectivity index (χ4v) is 1.94. The van der Waals surface area contributed by atoms with E-state index in [1.807, 2.05) is 0 Å². The van der Waals surface area contributed by atoms with E-state index in [0.717, 1.165) is 25.6 Å². The van der Waals surface area contributed by atoms with Gasteiger partial charge < -0.3 is 5.32 Å². The minimum Gasteiger partial charge on any atom is -0.317 e. The molecule has 92 valence electrons. The first-order chi connectivity index (χ1) is 7.77. The summed E-state index contributed by atoms with van der Waals surface area (Å²) in [6, 6.07) is 0.612. The lowest BCUT2D eigenvalue weighted by Gasteiger charge is -2.27. The summed E-state index contributed by atoms with van der Waals surface area (Å²) in [6.07, 6.45) is 10.7. The SMILES string of the molecule is C#CCN(CC1CC1)C(C)CCNCCC. The largest absolute Gasteiger partial charge is 0.317 e. The second-order valence-electron chi connectivity index (χ2n) is 4.96. The van der Waals surface area contributed by atoms with Gasteiger partial charge in [-0.1, -0.05) is 12.8 Å². The van der Waals surface area contributed by atoms with Crippen LogP contribution in [0.25, 0.3) is 0 Å². The maximum Gasteiger partial charge on any atom is 0.0601 e. The van der Waals surface area contributed by atoms with Crippen molar-refractivity contribution in [3.05, 3.63) is 0 Å². The Morgan fingerprint density at radius 2 is 2.19 bits per heavy atom. The number of hydrogen-bond acceptors (Lipinski definition) is 2. The monoisotopic (exact) mass is 222 g/mol. The second kappa shape index (κ2) is 7.70. The maximum atomic E-state index is 5.43. The average molecular weight is 222 g/mol. The van der Waals surface area contributed by atoms with Gasteiger partial charge in [0.1, 0.15) is 0 Å². The Hall–Kier alpha value is -0.520. The van der Waals surface area contributed by atoms with Crippen molar-refractivity contribution in [2.24, 2.45) is 5.92 Å². The Bertz CT molecular complexity index is 215. The van der Waals surface area contributed by atoms with Gasteiger partial charge in [0.2, 0.25) is 0 Å². The van der Waals surface area contributed by atoms with Crippen LogP contribution in [0, 0.1) is 18.3 Å². The van der Waals surface area contributed by atoms with E-state index in [4.69, 9.17) is 6.42 Å². The number of terminal acetylenes is 1. The molecule has 0 aromatic heterocycles. The summed E-state index contributed by atoms with van der Waals surface area (Å²) >= 11 is 0. The van der Waals surface area contributed by atoms with Gasteiger partial charge in [-0.05, 0) is 51.6 Å². The lowest BCUT2D eigenvalue weighted by molar-refractivity contribution is 0.214. The third kappa shape index (κ3) is 5.53. The number of rotatable bonds is 9. The van der Waals surface area contributed by atoms with Crippen LogP contribution in [-0.4, -0.2) is 37.1 Å². The molecule has 0 aromatic rings. The Morgan fingerprint density at radius 1 is 1.44 bits per heavy atom. The highest BCUT2D eigenvalue weighted by molar-refractivity contribution is 4.91. The fourth-order valence-electron chi connectivity index (χ4n) is 1.94. The summed E-state index contributed by atoms with van der Waals surface area (Å²) in [5.41, 5.74) is 0. The van der Waals surface area contributed by atoms with Crippen LogP contribution in [0.2, 0.25) is 0 Å². The highest BCUT2D eigenvalue weighted by Gasteiger charge is 2.25. The quantitative estimate of drug-likeness (QED) is 0.475. The lowest BCUT2D eigenvalue weighted by atomic mass is 10.2. The van der Waals surface area contributed by atoms with E-state index in [1.165, 1.54) is 32.2 Å². The molecule has 0 amide bonds. The number of hydrogen-bond donors (Lipinski definition) is 1. The predicted octanol–water partition coefficient (Wildman–Crippen LogP) is 2.11. The van der Waals surface area contributed by atoms with Crippen molar-refractivity contribution in [2.75, 3.05) is 26.2 Å². The van der Waals surface area contributed by atoms with Gasteiger partial charge in [-0.2, -0.15) is 0 Å². The summed E-state index contributed by atoms with van der Waals surface area (Å²) in [5.74, 6) is 3.72. The van der Waals surface area contributed by atoms with Crippen LogP contribution in [0.15, 0.2) is 0 Å². The van der Waals surface area contributed by atoms with Crippen molar-refractivity contribution in [1.82, 2.24) is 10.2 Å². The van der Waals surface area contributed by atoms with Crippen LogP contribution in [0.3, 0.4) is 0 Å². The predicted molar refractivity (Wildman–Crippen MR) is 70.4 cm³/mol. The van der Waals surface area contributed by atoms with Crippen LogP contribution < -0.4 is 5.32 Å². The molecule has 0 saturated heterocycles. The molecule has 2 heteroatoms. The van der Waals surface area contributed by atoms with Crippen molar-refractivity contribution >= 4 is 0 Å². The van der Waals surface area contributed by atoms with Gasteiger partial charge in [-0.25, -0.2) is 0 Å². The summed E-state index contributed by atoms with van der Waals surface area (Å²) in [5, 5.41) is 3.45. The summed E-state index contributed by atoms with van der Waals surface area (Å²) in [6.45, 7) is 8.76. The van der Waals surface area contributed by atoms with Gasteiger partial charge in [0.25, 0.3) is 0 Å². The first kappa shape index (κ1) is 13.5. The van der Waals surface area contributed by atoms with Crippen molar-refractivity contribution < 1.29 is 0 Å². The van der Waals surface area contributed by atoms with E-state index >= 15 is 0 Å². The zero-order valence-electron chi connectivity index (χ0n) is 10.8. The van der Waals surface area contributed by atoms with E-state index in [-0.39, 0.29) is 0 Å². The maximum absolute atomic E-state index is 5.43. The van der Waals surface area contributed by atoms with E-state index in [2.05, 4.69) is 30.0 Å². The Labute approximate surface area is 101 Å². The zero-order chi connectivity index (χ0) is 11.8. The number of nitrogens with zero attached hydrogens (tertiary/aromatic N) is 1. The van der Waals surface area contributed by atoms with Crippen molar-refractivity contribution in [1.29, 1.82) is 0 Å². The minimum absolute atomic E-state index is 0.612. The molecule has 16 heavy (non-hydrogen) atoms. The molecule has 1 aliphatic rings. The van der Waals surface area contributed by atoms with Gasteiger partial charge >= 0.3 is 0 Å². The van der Waals surface area contributed by atoms with Crippen molar-refractivity contribution in [3.63, 3.8) is 0 Å². The van der Waals surface area contributed by atoms with E-state index < -0.39 is 0 Å². The third-order valence-electron chi connectivity index (χ3n) is 3.27. The van der Waals surface area contributed by atoms with Gasteiger partial charge in [0.05, 0.1) is 6.54 Å². The van der Waals surface area contributed by atoms with E-state index in [9.17, 15) is 0 Å². The Balaban J connectivity index is 2.17. The molecule has 0 spiro atoms. The molecule has 1 unspecified atom stereocenters. The molecule has 1 rings (SSSR count). The second-order valence-corrected chi connectivity index (χ2v) is 4.96. The normalized spacial score (nSPS) is 17.4. The third-order valence-corrected chi connectivity index (χ3v) is 3.27. The summed E-state index contributed by atoms with van der Waals surface area (Å²) in [4.78, 5) is 2.46. The fraction of sp³-hybridized carbons (Fsp3) is 0.857. The molecule has 1 N–H and O–H groups in total. The van der Waals surface area contributed by atoms with Crippen LogP contribution in [-0.2, 0) is 0 Å². The zero-order valence-corrected chi connectivity index (χ0v) is 10.8. The number of nitrogens with one attached hydrogen (secondary N) is 1. The van der Waals surface area contributed by atoms with Crippen LogP contribution in [0.5, 0.6) is 0 Å². The molecular weight excluding hydrogens is 196 g/mol. The smallest absolute Gasteiger partial charge is 0.0601 e. The first-order valence-corrected chi connectivity index (χ1v) is 6.66. The van der Waals surface area contributed by atoms with Gasteiger partial charge in [-0.15, -0.1) is 6.42 Å². The summed E-state index contributed by atoms with van der Waals surface area (Å²) < 4.78 is 0. The molecule has 1 atom stereocenters. The summed E-state index contributed by atoms with van der Waals surface area (Å²) in [7, 11) is 0. The van der Waals surface area contributed by atoms with Gasteiger partial charge in [0, 0.05) is 12.6 Å². The van der Waals surface area contributed by atoms with E-state index in [1.54, 1.807) is 0 Å². The molecule has 1 saturated carbocycles. The van der Waals surface area contributed by atoms with Crippen molar-refractivity contribution in [3.8, 4) is 12.3 Å². The molecule has 0 aromatic carbocycles. The average Bonchev–Trinajstić information content (AvgIpc) is 3.07. The van der Waals surface area contributed by atoms with Crippen molar-refractivity contribution in [2.45, 2.75) is 45.6 Å². The van der Waals surface area contributed by atoms with Gasteiger partial charge in [-0.3, -0.25) is 4.90 Å². The molecular formula is C14H26N2. The van der Waals surface area contributed by atoms with Crippen LogP contribution in [0.1, 0.15) is 39.5 Å². The topological polar surface area (TPSA) is 15.3 Å². The van der Waals surface area contributed by atoms with E-state index in [0.29, 0.717) is 6.04 Å². The molecule has 1 fully saturated rings. The highest BCUT2D eigenvalue weighted by Crippen LogP contribution is 2.30. The van der Waals surface area contributed by atoms with Crippen LogP contribution >= 0.6 is 0 Å². The molecule has 0 radical (unpaired) electrons. The molecule has 0 bridgehead atoms. The lowest BCUT2D eigenvalue weighted by Crippen LogP contribution is -2.37. The standard InChI is InChI=1S/C14H26N2/c1-4-9-15-10-8-13(3)16(11-5-2)12-14-6-7-14/h2,13-15H,4,6-12H2,1,3H3. The Kier molecular flexibility index (Phi) is 6.52. The highest BCUT2D eigenvalue weighted by atomic mass is 15.2. The molecule has 0 heterocycles. The first-order valence-electron chi connectivity index (χ1n) is 6.66.